The molecular formula is C15H10Br2Cl2N2O3SSe. The summed E-state index contributed by atoms with van der Waals surface area (Å²) in [6.07, 6.45) is 0.999. The van der Waals surface area contributed by atoms with Gasteiger partial charge >= 0.3 is 185 Å². The zero-order valence-corrected chi connectivity index (χ0v) is 20.3. The van der Waals surface area contributed by atoms with Crippen LogP contribution in [0.5, 0.6) is 0 Å². The maximum absolute atomic E-state index is 11.3. The molecule has 3 rings (SSSR count). The summed E-state index contributed by atoms with van der Waals surface area (Å²) in [4.78, 5) is 0. The minimum absolute atomic E-state index is 0.0637. The SMILES string of the molecule is CS(=O)(=O)OCc1nn(-c2ccc(Cl)cc2Cl)c(-c2ccc(Br)[se]2)c1Br. The van der Waals surface area contributed by atoms with Crippen LogP contribution in [-0.2, 0) is 20.9 Å². The van der Waals surface area contributed by atoms with Gasteiger partial charge in [0.2, 0.25) is 0 Å². The quantitative estimate of drug-likeness (QED) is 0.306. The van der Waals surface area contributed by atoms with Gasteiger partial charge in [0.05, 0.1) is 0 Å². The van der Waals surface area contributed by atoms with Crippen LogP contribution in [0.25, 0.3) is 15.8 Å². The van der Waals surface area contributed by atoms with Gasteiger partial charge in [0.25, 0.3) is 0 Å². The van der Waals surface area contributed by atoms with Gasteiger partial charge in [-0.2, -0.15) is 0 Å². The van der Waals surface area contributed by atoms with Gasteiger partial charge in [0.1, 0.15) is 0 Å². The van der Waals surface area contributed by atoms with Crippen LogP contribution in [0.3, 0.4) is 0 Å². The van der Waals surface area contributed by atoms with Crippen molar-refractivity contribution in [1.29, 1.82) is 0 Å². The molecule has 0 aliphatic rings. The van der Waals surface area contributed by atoms with Crippen molar-refractivity contribution in [2.24, 2.45) is 0 Å². The van der Waals surface area contributed by atoms with Crippen molar-refractivity contribution < 1.29 is 12.6 Å². The maximum atomic E-state index is 11.3. The average Bonchev–Trinajstić information content (AvgIpc) is 3.08. The summed E-state index contributed by atoms with van der Waals surface area (Å²) in [5.74, 6) is 0. The predicted octanol–water partition coefficient (Wildman–Crippen LogP) is 4.90. The van der Waals surface area contributed by atoms with E-state index < -0.39 is 10.1 Å². The average molecular weight is 608 g/mol. The topological polar surface area (TPSA) is 61.2 Å². The molecule has 0 amide bonds. The van der Waals surface area contributed by atoms with Crippen LogP contribution in [0.1, 0.15) is 5.69 Å². The Morgan fingerprint density at radius 2 is 1.96 bits per heavy atom. The van der Waals surface area contributed by atoms with E-state index >= 15 is 0 Å². The minimum atomic E-state index is -3.59. The molecule has 1 aromatic carbocycles. The Balaban J connectivity index is 2.18. The number of aromatic nitrogens is 2. The number of rotatable bonds is 5. The molecule has 0 saturated carbocycles. The van der Waals surface area contributed by atoms with Crippen molar-refractivity contribution in [1.82, 2.24) is 9.78 Å². The van der Waals surface area contributed by atoms with Crippen molar-refractivity contribution in [3.63, 3.8) is 0 Å². The van der Waals surface area contributed by atoms with Crippen molar-refractivity contribution in [2.75, 3.05) is 6.26 Å². The molecule has 5 nitrogen and oxygen atoms in total. The fourth-order valence-electron chi connectivity index (χ4n) is 2.18. The second-order valence-electron chi connectivity index (χ2n) is 5.19. The third-order valence-electron chi connectivity index (χ3n) is 3.25. The molecule has 2 heterocycles. The first-order chi connectivity index (χ1) is 12.2. The number of hydrogen-bond acceptors (Lipinski definition) is 4. The molecule has 0 saturated heterocycles. The molecule has 26 heavy (non-hydrogen) atoms. The van der Waals surface area contributed by atoms with Gasteiger partial charge in [-0.05, 0) is 0 Å². The van der Waals surface area contributed by atoms with E-state index in [1.165, 1.54) is 0 Å². The summed E-state index contributed by atoms with van der Waals surface area (Å²) in [6.45, 7) is -0.181. The van der Waals surface area contributed by atoms with Gasteiger partial charge in [-0.1, -0.05) is 0 Å². The summed E-state index contributed by atoms with van der Waals surface area (Å²) >= 11 is 19.5. The van der Waals surface area contributed by atoms with Gasteiger partial charge in [0, 0.05) is 0 Å². The zero-order valence-electron chi connectivity index (χ0n) is 13.0. The van der Waals surface area contributed by atoms with E-state index in [-0.39, 0.29) is 21.1 Å². The monoisotopic (exact) mass is 606 g/mol. The molecule has 0 fully saturated rings. The molecular weight excluding hydrogens is 598 g/mol. The number of nitrogens with zero attached hydrogens (tertiary/aromatic N) is 2. The second kappa shape index (κ2) is 8.09. The molecule has 2 aromatic heterocycles. The summed E-state index contributed by atoms with van der Waals surface area (Å²) in [5, 5.41) is 5.47. The fourth-order valence-corrected chi connectivity index (χ4v) is 6.51. The number of benzene rings is 1. The first-order valence-electron chi connectivity index (χ1n) is 6.98. The van der Waals surface area contributed by atoms with Crippen LogP contribution >= 0.6 is 55.1 Å². The molecule has 138 valence electrons. The summed E-state index contributed by atoms with van der Waals surface area (Å²) < 4.78 is 32.1. The van der Waals surface area contributed by atoms with E-state index in [2.05, 4.69) is 37.0 Å². The molecule has 11 heteroatoms. The van der Waals surface area contributed by atoms with Crippen molar-refractivity contribution in [3.05, 3.63) is 53.9 Å². The van der Waals surface area contributed by atoms with Gasteiger partial charge in [-0.15, -0.1) is 0 Å². The van der Waals surface area contributed by atoms with E-state index in [1.54, 1.807) is 22.9 Å². The second-order valence-corrected chi connectivity index (χ2v) is 12.8. The molecule has 0 aliphatic carbocycles. The zero-order chi connectivity index (χ0) is 19.1. The Bertz CT molecular complexity index is 1080. The molecule has 3 aromatic rings. The normalized spacial score (nSPS) is 11.9. The van der Waals surface area contributed by atoms with Crippen molar-refractivity contribution in [3.8, 4) is 15.8 Å². The van der Waals surface area contributed by atoms with Crippen LogP contribution in [-0.4, -0.2) is 39.0 Å². The van der Waals surface area contributed by atoms with Crippen molar-refractivity contribution in [2.45, 2.75) is 6.61 Å². The first-order valence-corrected chi connectivity index (χ1v) is 12.9. The third kappa shape index (κ3) is 4.64. The number of halogens is 4. The van der Waals surface area contributed by atoms with Gasteiger partial charge in [-0.3, -0.25) is 0 Å². The van der Waals surface area contributed by atoms with E-state index in [0.717, 1.165) is 19.7 Å². The molecule has 0 aliphatic heterocycles. The Morgan fingerprint density at radius 1 is 1.23 bits per heavy atom. The van der Waals surface area contributed by atoms with E-state index in [4.69, 9.17) is 27.4 Å². The number of hydrogen-bond donors (Lipinski definition) is 0. The van der Waals surface area contributed by atoms with Crippen LogP contribution in [0.15, 0.2) is 38.2 Å². The Hall–Kier alpha value is -0.121. The van der Waals surface area contributed by atoms with Crippen LogP contribution in [0, 0.1) is 0 Å². The van der Waals surface area contributed by atoms with Gasteiger partial charge in [-0.25, -0.2) is 0 Å². The molecule has 0 N–H and O–H groups in total. The fraction of sp³-hybridized carbons (Fsp3) is 0.133. The molecule has 0 unspecified atom stereocenters. The van der Waals surface area contributed by atoms with E-state index in [0.29, 0.717) is 25.9 Å². The third-order valence-corrected chi connectivity index (χ3v) is 8.12. The molecule has 0 spiro atoms. The summed E-state index contributed by atoms with van der Waals surface area (Å²) in [6, 6.07) is 9.09. The molecule has 0 radical (unpaired) electrons. The van der Waals surface area contributed by atoms with E-state index in [9.17, 15) is 8.42 Å². The van der Waals surface area contributed by atoms with E-state index in [1.807, 2.05) is 12.1 Å². The van der Waals surface area contributed by atoms with Gasteiger partial charge in [0.15, 0.2) is 0 Å². The van der Waals surface area contributed by atoms with Crippen LogP contribution in [0.2, 0.25) is 10.0 Å². The van der Waals surface area contributed by atoms with Crippen LogP contribution < -0.4 is 0 Å². The van der Waals surface area contributed by atoms with Crippen molar-refractivity contribution >= 4 is 79.7 Å². The summed E-state index contributed by atoms with van der Waals surface area (Å²) in [5.41, 5.74) is 1.89. The molecule has 0 atom stereocenters. The first kappa shape index (κ1) is 20.6. The Kier molecular flexibility index (Phi) is 6.41. The van der Waals surface area contributed by atoms with Crippen LogP contribution in [0.4, 0.5) is 0 Å². The van der Waals surface area contributed by atoms with Gasteiger partial charge < -0.3 is 0 Å². The Labute approximate surface area is 183 Å². The standard InChI is InChI=1S/C15H10Br2Cl2N2O3SSe/c1-25(22,23)24-7-10-14(17)15(12-4-5-13(16)26-12)21(20-10)11-3-2-8(18)6-9(11)19/h2-6H,7H2,1H3. The Morgan fingerprint density at radius 3 is 2.54 bits per heavy atom. The molecule has 0 bridgehead atoms. The predicted molar refractivity (Wildman–Crippen MR) is 111 cm³/mol. The summed E-state index contributed by atoms with van der Waals surface area (Å²) in [7, 11) is -3.59.